The number of aromatic nitrogens is 6. The zero-order valence-electron chi connectivity index (χ0n) is 21.0. The number of anilines is 1. The Bertz CT molecular complexity index is 1470. The Labute approximate surface area is 219 Å². The fourth-order valence-electron chi connectivity index (χ4n) is 3.99. The summed E-state index contributed by atoms with van der Waals surface area (Å²) in [7, 11) is 0. The van der Waals surface area contributed by atoms with Gasteiger partial charge in [-0.15, -0.1) is 0 Å². The molecule has 4 aromatic heterocycles. The van der Waals surface area contributed by atoms with Gasteiger partial charge in [-0.2, -0.15) is 0 Å². The molecule has 0 radical (unpaired) electrons. The Morgan fingerprint density at radius 1 is 0.838 bits per heavy atom. The van der Waals surface area contributed by atoms with Crippen molar-refractivity contribution < 1.29 is 4.74 Å². The highest BCUT2D eigenvalue weighted by Crippen LogP contribution is 2.35. The summed E-state index contributed by atoms with van der Waals surface area (Å²) >= 11 is 1.58. The van der Waals surface area contributed by atoms with Crippen LogP contribution in [0.5, 0.6) is 5.75 Å². The molecule has 0 aliphatic heterocycles. The van der Waals surface area contributed by atoms with Gasteiger partial charge in [0, 0.05) is 43.1 Å². The van der Waals surface area contributed by atoms with Crippen LogP contribution in [0.15, 0.2) is 67.5 Å². The van der Waals surface area contributed by atoms with E-state index in [1.54, 1.807) is 42.3 Å². The van der Waals surface area contributed by atoms with Crippen LogP contribution in [0.3, 0.4) is 0 Å². The van der Waals surface area contributed by atoms with Crippen molar-refractivity contribution in [2.24, 2.45) is 0 Å². The van der Waals surface area contributed by atoms with Crippen molar-refractivity contribution in [3.05, 3.63) is 84.2 Å². The largest absolute Gasteiger partial charge is 0.489 e. The summed E-state index contributed by atoms with van der Waals surface area (Å²) in [5.74, 6) is 1.34. The summed E-state index contributed by atoms with van der Waals surface area (Å²) in [4.78, 5) is 27.9. The van der Waals surface area contributed by atoms with E-state index >= 15 is 0 Å². The quantitative estimate of drug-likeness (QED) is 0.253. The van der Waals surface area contributed by atoms with Crippen LogP contribution in [0.4, 0.5) is 5.13 Å². The first-order valence-corrected chi connectivity index (χ1v) is 12.9. The maximum Gasteiger partial charge on any atom is 0.183 e. The first kappa shape index (κ1) is 24.5. The summed E-state index contributed by atoms with van der Waals surface area (Å²) in [5.41, 5.74) is 6.47. The summed E-state index contributed by atoms with van der Waals surface area (Å²) < 4.78 is 6.07. The molecule has 9 heteroatoms. The Morgan fingerprint density at radius 2 is 1.62 bits per heavy atom. The van der Waals surface area contributed by atoms with Gasteiger partial charge in [-0.25, -0.2) is 19.9 Å². The molecule has 5 aromatic rings. The van der Waals surface area contributed by atoms with Crippen LogP contribution in [0.2, 0.25) is 0 Å². The highest BCUT2D eigenvalue weighted by Gasteiger charge is 2.17. The Hall–Kier alpha value is -4.24. The zero-order chi connectivity index (χ0) is 25.6. The van der Waals surface area contributed by atoms with Crippen LogP contribution >= 0.6 is 11.3 Å². The molecule has 186 valence electrons. The molecule has 0 bridgehead atoms. The van der Waals surface area contributed by atoms with E-state index < -0.39 is 0 Å². The second-order valence-electron chi connectivity index (χ2n) is 8.59. The van der Waals surface area contributed by atoms with Gasteiger partial charge in [-0.3, -0.25) is 9.97 Å². The SMILES string of the molecule is CCCNc1ncc(-c2cc(-c3c(C)cc(OCc4ccncc4)cc3C)nc(-c3cnccn3)n2)s1. The van der Waals surface area contributed by atoms with E-state index in [-0.39, 0.29) is 0 Å². The monoisotopic (exact) mass is 509 g/mol. The van der Waals surface area contributed by atoms with Crippen LogP contribution in [0, 0.1) is 13.8 Å². The lowest BCUT2D eigenvalue weighted by molar-refractivity contribution is 0.306. The predicted octanol–water partition coefficient (Wildman–Crippen LogP) is 6.14. The molecule has 5 rings (SSSR count). The number of rotatable bonds is 9. The maximum absolute atomic E-state index is 6.07. The molecule has 0 amide bonds. The van der Waals surface area contributed by atoms with Crippen molar-refractivity contribution in [3.63, 3.8) is 0 Å². The minimum atomic E-state index is 0.481. The van der Waals surface area contributed by atoms with Gasteiger partial charge in [0.15, 0.2) is 11.0 Å². The highest BCUT2D eigenvalue weighted by molar-refractivity contribution is 7.18. The van der Waals surface area contributed by atoms with Crippen molar-refractivity contribution in [2.75, 3.05) is 11.9 Å². The topological polar surface area (TPSA) is 98.6 Å². The van der Waals surface area contributed by atoms with Gasteiger partial charge in [0.25, 0.3) is 0 Å². The third-order valence-corrected chi connectivity index (χ3v) is 6.70. The van der Waals surface area contributed by atoms with Crippen molar-refractivity contribution in [1.29, 1.82) is 0 Å². The van der Waals surface area contributed by atoms with Gasteiger partial charge in [0.05, 0.1) is 22.5 Å². The molecule has 0 fully saturated rings. The Balaban J connectivity index is 1.53. The number of thiazole rings is 1. The van der Waals surface area contributed by atoms with Crippen molar-refractivity contribution in [1.82, 2.24) is 29.9 Å². The van der Waals surface area contributed by atoms with Crippen LogP contribution in [0.25, 0.3) is 33.3 Å². The van der Waals surface area contributed by atoms with Gasteiger partial charge >= 0.3 is 0 Å². The molecule has 0 unspecified atom stereocenters. The van der Waals surface area contributed by atoms with E-state index in [4.69, 9.17) is 14.7 Å². The van der Waals surface area contributed by atoms with Crippen LogP contribution in [-0.4, -0.2) is 36.4 Å². The van der Waals surface area contributed by atoms with Crippen molar-refractivity contribution in [2.45, 2.75) is 33.8 Å². The summed E-state index contributed by atoms with van der Waals surface area (Å²) in [6.07, 6.45) is 11.4. The number of hydrogen-bond donors (Lipinski definition) is 1. The Kier molecular flexibility index (Phi) is 7.41. The number of hydrogen-bond acceptors (Lipinski definition) is 9. The van der Waals surface area contributed by atoms with E-state index in [9.17, 15) is 0 Å². The van der Waals surface area contributed by atoms with Crippen LogP contribution in [0.1, 0.15) is 30.0 Å². The normalized spacial score (nSPS) is 10.9. The standard InChI is InChI=1S/C28H27N7OS/c1-4-7-32-28-33-16-25(37-28)22-14-23(35-27(34-22)24-15-30-10-11-31-24)26-18(2)12-21(13-19(26)3)36-17-20-5-8-29-9-6-20/h5-6,8-16H,4,7,17H2,1-3H3,(H,32,33). The van der Waals surface area contributed by atoms with E-state index in [1.165, 1.54) is 0 Å². The lowest BCUT2D eigenvalue weighted by Gasteiger charge is -2.15. The number of nitrogens with zero attached hydrogens (tertiary/aromatic N) is 6. The average Bonchev–Trinajstić information content (AvgIpc) is 3.40. The fraction of sp³-hybridized carbons (Fsp3) is 0.214. The predicted molar refractivity (Wildman–Crippen MR) is 146 cm³/mol. The van der Waals surface area contributed by atoms with E-state index in [0.717, 1.165) is 62.4 Å². The van der Waals surface area contributed by atoms with Gasteiger partial charge in [0.2, 0.25) is 0 Å². The van der Waals surface area contributed by atoms with Crippen molar-refractivity contribution >= 4 is 16.5 Å². The number of nitrogens with one attached hydrogen (secondary N) is 1. The molecule has 4 heterocycles. The minimum Gasteiger partial charge on any atom is -0.489 e. The molecule has 0 aliphatic carbocycles. The number of pyridine rings is 1. The van der Waals surface area contributed by atoms with E-state index in [1.807, 2.05) is 36.5 Å². The first-order chi connectivity index (χ1) is 18.1. The van der Waals surface area contributed by atoms with Gasteiger partial charge < -0.3 is 10.1 Å². The molecular formula is C28H27N7OS. The van der Waals surface area contributed by atoms with Gasteiger partial charge in [0.1, 0.15) is 18.1 Å². The first-order valence-electron chi connectivity index (χ1n) is 12.1. The summed E-state index contributed by atoms with van der Waals surface area (Å²) in [6.45, 7) is 7.64. The highest BCUT2D eigenvalue weighted by atomic mass is 32.1. The number of benzene rings is 1. The minimum absolute atomic E-state index is 0.481. The molecule has 37 heavy (non-hydrogen) atoms. The molecule has 0 saturated heterocycles. The van der Waals surface area contributed by atoms with Gasteiger partial charge in [-0.1, -0.05) is 18.3 Å². The maximum atomic E-state index is 6.07. The second-order valence-corrected chi connectivity index (χ2v) is 9.62. The third-order valence-electron chi connectivity index (χ3n) is 5.72. The summed E-state index contributed by atoms with van der Waals surface area (Å²) in [6, 6.07) is 10.0. The lowest BCUT2D eigenvalue weighted by Crippen LogP contribution is -2.01. The molecule has 0 spiro atoms. The van der Waals surface area contributed by atoms with Crippen LogP contribution < -0.4 is 10.1 Å². The fourth-order valence-corrected chi connectivity index (χ4v) is 4.80. The van der Waals surface area contributed by atoms with E-state index in [2.05, 4.69) is 46.0 Å². The van der Waals surface area contributed by atoms with Crippen LogP contribution in [-0.2, 0) is 6.61 Å². The zero-order valence-corrected chi connectivity index (χ0v) is 21.8. The molecule has 0 aliphatic rings. The number of aryl methyl sites for hydroxylation is 2. The van der Waals surface area contributed by atoms with E-state index in [0.29, 0.717) is 18.1 Å². The smallest absolute Gasteiger partial charge is 0.183 e. The molecule has 0 saturated carbocycles. The molecule has 8 nitrogen and oxygen atoms in total. The molecule has 1 aromatic carbocycles. The Morgan fingerprint density at radius 3 is 2.35 bits per heavy atom. The molecule has 0 atom stereocenters. The number of ether oxygens (including phenoxy) is 1. The lowest BCUT2D eigenvalue weighted by atomic mass is 9.98. The van der Waals surface area contributed by atoms with Gasteiger partial charge in [-0.05, 0) is 67.3 Å². The second kappa shape index (κ2) is 11.2. The molecular weight excluding hydrogens is 482 g/mol. The summed E-state index contributed by atoms with van der Waals surface area (Å²) in [5, 5.41) is 4.23. The third kappa shape index (κ3) is 5.78. The molecule has 1 N–H and O–H groups in total. The van der Waals surface area contributed by atoms with Crippen molar-refractivity contribution in [3.8, 4) is 39.1 Å². The average molecular weight is 510 g/mol.